The van der Waals surface area contributed by atoms with E-state index in [0.717, 1.165) is 24.9 Å². The minimum Gasteiger partial charge on any atom is -0.329 e. The van der Waals surface area contributed by atoms with E-state index in [4.69, 9.17) is 5.73 Å². The second-order valence-electron chi connectivity index (χ2n) is 7.07. The molecule has 0 aromatic heterocycles. The topological polar surface area (TPSA) is 38.0 Å². The van der Waals surface area contributed by atoms with Gasteiger partial charge in [-0.1, -0.05) is 33.6 Å². The molecule has 0 aromatic rings. The van der Waals surface area contributed by atoms with Crippen LogP contribution < -0.4 is 11.1 Å². The van der Waals surface area contributed by atoms with Crippen LogP contribution in [0.4, 0.5) is 0 Å². The maximum absolute atomic E-state index is 6.13. The van der Waals surface area contributed by atoms with E-state index in [0.29, 0.717) is 5.41 Å². The van der Waals surface area contributed by atoms with Crippen LogP contribution >= 0.6 is 0 Å². The molecule has 2 rings (SSSR count). The number of hydrogen-bond acceptors (Lipinski definition) is 2. The van der Waals surface area contributed by atoms with E-state index in [1.165, 1.54) is 38.5 Å². The summed E-state index contributed by atoms with van der Waals surface area (Å²) in [7, 11) is 0. The highest BCUT2D eigenvalue weighted by atomic mass is 15.0. The molecule has 17 heavy (non-hydrogen) atoms. The van der Waals surface area contributed by atoms with Crippen molar-refractivity contribution in [3.63, 3.8) is 0 Å². The van der Waals surface area contributed by atoms with Gasteiger partial charge in [0.1, 0.15) is 0 Å². The van der Waals surface area contributed by atoms with Gasteiger partial charge in [0.15, 0.2) is 0 Å². The van der Waals surface area contributed by atoms with Gasteiger partial charge in [0, 0.05) is 12.1 Å². The molecular weight excluding hydrogens is 208 g/mol. The summed E-state index contributed by atoms with van der Waals surface area (Å²) in [6.45, 7) is 9.13. The molecule has 0 aromatic carbocycles. The van der Waals surface area contributed by atoms with Crippen LogP contribution in [0.3, 0.4) is 0 Å². The van der Waals surface area contributed by atoms with Gasteiger partial charge in [0.25, 0.3) is 0 Å². The summed E-state index contributed by atoms with van der Waals surface area (Å²) < 4.78 is 0. The smallest absolute Gasteiger partial charge is 0.0355 e. The van der Waals surface area contributed by atoms with Crippen LogP contribution in [0.25, 0.3) is 0 Å². The molecule has 2 aliphatic carbocycles. The molecule has 2 heteroatoms. The second kappa shape index (κ2) is 4.89. The lowest BCUT2D eigenvalue weighted by Crippen LogP contribution is -2.62. The Hall–Kier alpha value is -0.0800. The van der Waals surface area contributed by atoms with Crippen molar-refractivity contribution in [1.82, 2.24) is 5.32 Å². The molecule has 0 saturated heterocycles. The predicted molar refractivity (Wildman–Crippen MR) is 73.9 cm³/mol. The minimum atomic E-state index is 0.189. The second-order valence-corrected chi connectivity index (χ2v) is 7.07. The summed E-state index contributed by atoms with van der Waals surface area (Å²) in [6.07, 6.45) is 8.17. The number of nitrogens with two attached hydrogens (primary N) is 1. The van der Waals surface area contributed by atoms with E-state index in [9.17, 15) is 0 Å². The van der Waals surface area contributed by atoms with Gasteiger partial charge in [0.2, 0.25) is 0 Å². The van der Waals surface area contributed by atoms with Gasteiger partial charge in [-0.25, -0.2) is 0 Å². The van der Waals surface area contributed by atoms with Gasteiger partial charge in [-0.2, -0.15) is 0 Å². The molecule has 0 spiro atoms. The van der Waals surface area contributed by atoms with Crippen LogP contribution in [-0.2, 0) is 0 Å². The lowest BCUT2D eigenvalue weighted by molar-refractivity contribution is 0.0648. The highest BCUT2D eigenvalue weighted by molar-refractivity contribution is 5.04. The fourth-order valence-electron chi connectivity index (χ4n) is 3.54. The third kappa shape index (κ3) is 2.68. The van der Waals surface area contributed by atoms with Crippen molar-refractivity contribution in [3.8, 4) is 0 Å². The average Bonchev–Trinajstić information content (AvgIpc) is 3.11. The van der Waals surface area contributed by atoms with Crippen molar-refractivity contribution in [1.29, 1.82) is 0 Å². The van der Waals surface area contributed by atoms with Gasteiger partial charge >= 0.3 is 0 Å². The van der Waals surface area contributed by atoms with Gasteiger partial charge < -0.3 is 11.1 Å². The van der Waals surface area contributed by atoms with Crippen LogP contribution in [0.1, 0.15) is 59.3 Å². The highest BCUT2D eigenvalue weighted by Gasteiger charge is 2.45. The van der Waals surface area contributed by atoms with Gasteiger partial charge in [-0.05, 0) is 49.5 Å². The zero-order chi connectivity index (χ0) is 12.5. The first kappa shape index (κ1) is 13.4. The van der Waals surface area contributed by atoms with Gasteiger partial charge in [-0.15, -0.1) is 0 Å². The van der Waals surface area contributed by atoms with Crippen molar-refractivity contribution < 1.29 is 0 Å². The molecule has 0 radical (unpaired) electrons. The van der Waals surface area contributed by atoms with Crippen molar-refractivity contribution in [2.45, 2.75) is 64.8 Å². The summed E-state index contributed by atoms with van der Waals surface area (Å²) in [5, 5.41) is 3.87. The first-order valence-corrected chi connectivity index (χ1v) is 7.46. The zero-order valence-electron chi connectivity index (χ0n) is 11.9. The zero-order valence-corrected chi connectivity index (χ0v) is 11.9. The van der Waals surface area contributed by atoms with Crippen LogP contribution in [0.2, 0.25) is 0 Å². The highest BCUT2D eigenvalue weighted by Crippen LogP contribution is 2.44. The Kier molecular flexibility index (Phi) is 3.84. The Balaban J connectivity index is 1.96. The lowest BCUT2D eigenvalue weighted by Gasteiger charge is -2.51. The molecule has 2 fully saturated rings. The predicted octanol–water partition coefficient (Wildman–Crippen LogP) is 2.92. The molecule has 2 aliphatic rings. The number of hydrogen-bond donors (Lipinski definition) is 2. The first-order valence-electron chi connectivity index (χ1n) is 7.46. The van der Waals surface area contributed by atoms with E-state index in [1.54, 1.807) is 0 Å². The van der Waals surface area contributed by atoms with Crippen LogP contribution in [-0.4, -0.2) is 18.6 Å². The molecule has 0 aliphatic heterocycles. The summed E-state index contributed by atoms with van der Waals surface area (Å²) in [5.74, 6) is 1.82. The van der Waals surface area contributed by atoms with Crippen LogP contribution in [0, 0.1) is 17.3 Å². The van der Waals surface area contributed by atoms with Crippen LogP contribution in [0.5, 0.6) is 0 Å². The molecule has 3 N–H and O–H groups in total. The standard InChI is InChI=1S/C15H30N2/c1-12(13-6-7-13)10-17-15(11-16)9-5-4-8-14(15,2)3/h12-13,17H,4-11,16H2,1-3H3. The molecular formula is C15H30N2. The molecule has 100 valence electrons. The molecule has 0 bridgehead atoms. The van der Waals surface area contributed by atoms with Crippen LogP contribution in [0.15, 0.2) is 0 Å². The Labute approximate surface area is 107 Å². The molecule has 2 saturated carbocycles. The molecule has 0 amide bonds. The molecule has 0 heterocycles. The Morgan fingerprint density at radius 3 is 2.41 bits per heavy atom. The largest absolute Gasteiger partial charge is 0.329 e. The molecule has 2 nitrogen and oxygen atoms in total. The van der Waals surface area contributed by atoms with E-state index in [1.807, 2.05) is 0 Å². The van der Waals surface area contributed by atoms with Gasteiger partial charge in [0.05, 0.1) is 0 Å². The maximum Gasteiger partial charge on any atom is 0.0355 e. The van der Waals surface area contributed by atoms with Crippen molar-refractivity contribution in [2.24, 2.45) is 23.0 Å². The van der Waals surface area contributed by atoms with E-state index < -0.39 is 0 Å². The monoisotopic (exact) mass is 238 g/mol. The summed E-state index contributed by atoms with van der Waals surface area (Å²) >= 11 is 0. The summed E-state index contributed by atoms with van der Waals surface area (Å²) in [4.78, 5) is 0. The van der Waals surface area contributed by atoms with E-state index >= 15 is 0 Å². The first-order chi connectivity index (χ1) is 8.01. The van der Waals surface area contributed by atoms with Crippen molar-refractivity contribution >= 4 is 0 Å². The minimum absolute atomic E-state index is 0.189. The summed E-state index contributed by atoms with van der Waals surface area (Å²) in [5.41, 5.74) is 6.67. The third-order valence-electron chi connectivity index (χ3n) is 5.49. The SMILES string of the molecule is CC(CNC1(CN)CCCCC1(C)C)C1CC1. The fraction of sp³-hybridized carbons (Fsp3) is 1.00. The van der Waals surface area contributed by atoms with Crippen molar-refractivity contribution in [3.05, 3.63) is 0 Å². The Morgan fingerprint density at radius 1 is 1.24 bits per heavy atom. The quantitative estimate of drug-likeness (QED) is 0.773. The maximum atomic E-state index is 6.13. The normalized spacial score (nSPS) is 34.6. The van der Waals surface area contributed by atoms with Gasteiger partial charge in [-0.3, -0.25) is 0 Å². The molecule has 2 unspecified atom stereocenters. The summed E-state index contributed by atoms with van der Waals surface area (Å²) in [6, 6.07) is 0. The number of rotatable bonds is 5. The van der Waals surface area contributed by atoms with E-state index in [-0.39, 0.29) is 5.54 Å². The fourth-order valence-corrected chi connectivity index (χ4v) is 3.54. The Bertz CT molecular complexity index is 258. The number of nitrogens with one attached hydrogen (secondary N) is 1. The average molecular weight is 238 g/mol. The third-order valence-corrected chi connectivity index (χ3v) is 5.49. The molecule has 2 atom stereocenters. The Morgan fingerprint density at radius 2 is 1.88 bits per heavy atom. The van der Waals surface area contributed by atoms with Crippen molar-refractivity contribution in [2.75, 3.05) is 13.1 Å². The van der Waals surface area contributed by atoms with E-state index in [2.05, 4.69) is 26.1 Å². The lowest BCUT2D eigenvalue weighted by atomic mass is 9.63.